The lowest BCUT2D eigenvalue weighted by molar-refractivity contribution is 0.646. The third kappa shape index (κ3) is 3.98. The highest BCUT2D eigenvalue weighted by atomic mass is 32.1. The average molecular weight is 864 g/mol. The maximum atomic E-state index is 6.64. The maximum absolute atomic E-state index is 6.64. The van der Waals surface area contributed by atoms with E-state index in [9.17, 15) is 0 Å². The summed E-state index contributed by atoms with van der Waals surface area (Å²) in [6, 6.07) is 65.4. The van der Waals surface area contributed by atoms with Crippen LogP contribution in [0.5, 0.6) is 0 Å². The van der Waals surface area contributed by atoms with Crippen LogP contribution < -0.4 is 20.7 Å². The van der Waals surface area contributed by atoms with E-state index in [0.29, 0.717) is 0 Å². The number of rotatable bonds is 1. The number of furan rings is 1. The van der Waals surface area contributed by atoms with Crippen molar-refractivity contribution < 1.29 is 4.42 Å². The molecule has 14 rings (SSSR count). The highest BCUT2D eigenvalue weighted by Crippen LogP contribution is 2.65. The van der Waals surface area contributed by atoms with Crippen LogP contribution in [-0.2, 0) is 10.8 Å². The minimum Gasteiger partial charge on any atom is -0.456 e. The molecule has 0 radical (unpaired) electrons. The molecule has 2 nitrogen and oxygen atoms in total. The second kappa shape index (κ2) is 11.9. The van der Waals surface area contributed by atoms with Gasteiger partial charge in [0.1, 0.15) is 32.3 Å². The van der Waals surface area contributed by atoms with Crippen molar-refractivity contribution in [3.63, 3.8) is 0 Å². The van der Waals surface area contributed by atoms with Gasteiger partial charge >= 0.3 is 0 Å². The van der Waals surface area contributed by atoms with Gasteiger partial charge in [-0.25, -0.2) is 0 Å². The zero-order valence-corrected chi connectivity index (χ0v) is 38.5. The molecule has 0 unspecified atom stereocenters. The Balaban J connectivity index is 1.23. The molecule has 1 aliphatic carbocycles. The van der Waals surface area contributed by atoms with Crippen molar-refractivity contribution in [2.75, 3.05) is 0 Å². The lowest BCUT2D eigenvalue weighted by atomic mass is 9.55. The van der Waals surface area contributed by atoms with Crippen molar-refractivity contribution >= 4 is 103 Å². The second-order valence-corrected chi connectivity index (χ2v) is 29.3. The van der Waals surface area contributed by atoms with Crippen LogP contribution in [0.1, 0.15) is 43.1 Å². The van der Waals surface area contributed by atoms with Crippen LogP contribution >= 0.6 is 22.7 Å². The predicted molar refractivity (Wildman–Crippen MR) is 267 cm³/mol. The highest BCUT2D eigenvalue weighted by molar-refractivity contribution is 7.15. The Morgan fingerprint density at radius 3 is 1.58 bits per heavy atom. The number of fused-ring (bicyclic) bond motifs is 21. The van der Waals surface area contributed by atoms with Gasteiger partial charge in [-0.1, -0.05) is 160 Å². The van der Waals surface area contributed by atoms with Gasteiger partial charge in [-0.15, -0.1) is 22.7 Å². The molecule has 7 aromatic carbocycles. The Morgan fingerprint density at radius 2 is 0.968 bits per heavy atom. The quantitative estimate of drug-likeness (QED) is 0.150. The number of hydrogen-bond acceptors (Lipinski definition) is 3. The van der Waals surface area contributed by atoms with Gasteiger partial charge in [0.05, 0.1) is 27.2 Å². The molecule has 0 atom stereocenters. The van der Waals surface area contributed by atoms with E-state index in [0.717, 1.165) is 16.6 Å². The molecule has 4 aromatic heterocycles. The fourth-order valence-corrected chi connectivity index (χ4v) is 21.8. The van der Waals surface area contributed by atoms with E-state index < -0.39 is 27.0 Å². The minimum atomic E-state index is -2.12. The lowest BCUT2D eigenvalue weighted by Gasteiger charge is -2.54. The van der Waals surface area contributed by atoms with E-state index in [2.05, 4.69) is 206 Å². The normalized spacial score (nSPS) is 16.9. The molecule has 0 saturated heterocycles. The zero-order chi connectivity index (χ0) is 41.3. The number of hydrogen-bond donors (Lipinski definition) is 0. The van der Waals surface area contributed by atoms with Crippen molar-refractivity contribution in [1.82, 2.24) is 4.57 Å². The summed E-state index contributed by atoms with van der Waals surface area (Å²) in [6.45, 7) is 10.3. The number of thiophene rings is 2. The van der Waals surface area contributed by atoms with Gasteiger partial charge in [0.15, 0.2) is 0 Å². The summed E-state index contributed by atoms with van der Waals surface area (Å²) in [7, 11) is -4.23. The number of nitrogens with zero attached hydrogens (tertiary/aromatic N) is 1. The van der Waals surface area contributed by atoms with Gasteiger partial charge in [0.2, 0.25) is 0 Å². The van der Waals surface area contributed by atoms with E-state index in [1.807, 2.05) is 22.7 Å². The van der Waals surface area contributed by atoms with E-state index >= 15 is 0 Å². The largest absolute Gasteiger partial charge is 0.456 e. The van der Waals surface area contributed by atoms with E-state index in [1.54, 1.807) is 0 Å². The first kappa shape index (κ1) is 35.6. The molecule has 0 saturated carbocycles. The standard InChI is InChI=1S/C56H41NOS2Si2/c1-61(2)46-25-13-7-19-37(46)55(38-20-8-14-26-47(38)61)41-31-32-59-53(41)56(39-21-9-15-27-48(39)62(3,4)49-28-16-10-22-40(49)56)42-33-50(60-54(42)55)57-43-23-11-5-17-34(43)35-29-30-45-51(52(35)57)36-18-6-12-24-44(36)58-45/h5-33H,1-4H3. The second-order valence-electron chi connectivity index (χ2n) is 18.7. The summed E-state index contributed by atoms with van der Waals surface area (Å²) >= 11 is 3.99. The van der Waals surface area contributed by atoms with Crippen LogP contribution in [0.15, 0.2) is 180 Å². The molecule has 296 valence electrons. The molecule has 3 aliphatic rings. The Hall–Kier alpha value is -6.03. The van der Waals surface area contributed by atoms with Gasteiger partial charge in [0, 0.05) is 25.9 Å². The number of aromatic nitrogens is 1. The summed E-state index contributed by atoms with van der Waals surface area (Å²) in [5.41, 5.74) is 11.9. The first-order chi connectivity index (χ1) is 30.3. The highest BCUT2D eigenvalue weighted by Gasteiger charge is 2.62. The Morgan fingerprint density at radius 1 is 0.452 bits per heavy atom. The molecule has 0 fully saturated rings. The van der Waals surface area contributed by atoms with Crippen LogP contribution in [-0.4, -0.2) is 20.7 Å². The van der Waals surface area contributed by atoms with Crippen LogP contribution in [0.3, 0.4) is 0 Å². The monoisotopic (exact) mass is 863 g/mol. The van der Waals surface area contributed by atoms with Crippen molar-refractivity contribution in [3.05, 3.63) is 218 Å². The Bertz CT molecular complexity index is 3500. The molecule has 2 spiro atoms. The first-order valence-corrected chi connectivity index (χ1v) is 29.4. The molecular weight excluding hydrogens is 823 g/mol. The SMILES string of the molecule is C[Si]1(C)c2ccccc2C2(c3ccccc31)c1cc(-n3c4ccccc4c4ccc5oc6ccccc6c5c43)sc1C1(c3ccccc3[Si](C)(C)c3ccccc31)c1ccsc12. The van der Waals surface area contributed by atoms with E-state index in [-0.39, 0.29) is 0 Å². The van der Waals surface area contributed by atoms with Gasteiger partial charge in [-0.3, -0.25) is 4.57 Å². The van der Waals surface area contributed by atoms with E-state index in [1.165, 1.54) is 96.1 Å². The third-order valence-electron chi connectivity index (χ3n) is 15.3. The summed E-state index contributed by atoms with van der Waals surface area (Å²) in [4.78, 5) is 2.89. The number of para-hydroxylation sites is 2. The van der Waals surface area contributed by atoms with Crippen molar-refractivity contribution in [2.24, 2.45) is 0 Å². The van der Waals surface area contributed by atoms with Gasteiger partial charge in [0.25, 0.3) is 0 Å². The Kier molecular flexibility index (Phi) is 6.83. The summed E-state index contributed by atoms with van der Waals surface area (Å²) in [6.07, 6.45) is 0. The van der Waals surface area contributed by atoms with Crippen LogP contribution in [0.2, 0.25) is 26.2 Å². The van der Waals surface area contributed by atoms with Crippen molar-refractivity contribution in [3.8, 4) is 5.00 Å². The van der Waals surface area contributed by atoms with Crippen LogP contribution in [0.25, 0.3) is 48.7 Å². The van der Waals surface area contributed by atoms with Gasteiger partial charge < -0.3 is 4.42 Å². The molecular formula is C56H41NOS2Si2. The topological polar surface area (TPSA) is 18.1 Å². The molecule has 0 bridgehead atoms. The molecule has 6 heteroatoms. The fraction of sp³-hybridized carbons (Fsp3) is 0.107. The molecule has 62 heavy (non-hydrogen) atoms. The smallest absolute Gasteiger partial charge is 0.137 e. The fourth-order valence-electron chi connectivity index (χ4n) is 12.7. The Labute approximate surface area is 370 Å². The summed E-state index contributed by atoms with van der Waals surface area (Å²) in [5.74, 6) is 0. The molecule has 0 N–H and O–H groups in total. The van der Waals surface area contributed by atoms with E-state index in [4.69, 9.17) is 4.42 Å². The predicted octanol–water partition coefficient (Wildman–Crippen LogP) is 12.2. The van der Waals surface area contributed by atoms with Gasteiger partial charge in [-0.2, -0.15) is 0 Å². The molecule has 2 aliphatic heterocycles. The van der Waals surface area contributed by atoms with Crippen LogP contribution in [0, 0.1) is 0 Å². The first-order valence-electron chi connectivity index (χ1n) is 21.8. The molecule has 0 amide bonds. The number of benzene rings is 7. The average Bonchev–Trinajstić information content (AvgIpc) is 4.12. The van der Waals surface area contributed by atoms with Crippen molar-refractivity contribution in [1.29, 1.82) is 0 Å². The third-order valence-corrected chi connectivity index (χ3v) is 24.7. The summed E-state index contributed by atoms with van der Waals surface area (Å²) in [5, 5.41) is 14.6. The molecule has 11 aromatic rings. The molecule has 6 heterocycles. The van der Waals surface area contributed by atoms with Gasteiger partial charge in [-0.05, 0) is 95.9 Å². The minimum absolute atomic E-state index is 0.515. The van der Waals surface area contributed by atoms with Crippen molar-refractivity contribution in [2.45, 2.75) is 37.0 Å². The van der Waals surface area contributed by atoms with Crippen LogP contribution in [0.4, 0.5) is 0 Å². The summed E-state index contributed by atoms with van der Waals surface area (Å²) < 4.78 is 9.24. The lowest BCUT2D eigenvalue weighted by Crippen LogP contribution is -2.66. The zero-order valence-electron chi connectivity index (χ0n) is 34.9. The maximum Gasteiger partial charge on any atom is 0.137 e.